The van der Waals surface area contributed by atoms with Crippen molar-refractivity contribution in [3.05, 3.63) is 30.3 Å². The minimum absolute atomic E-state index is 0. The number of carbonyl (C=O) groups is 1. The Balaban J connectivity index is 0.00000361. The number of nitrogens with zero attached hydrogens (tertiary/aromatic N) is 1. The molecule has 1 aromatic carbocycles. The summed E-state index contributed by atoms with van der Waals surface area (Å²) in [6, 6.07) is 9.06. The van der Waals surface area contributed by atoms with Gasteiger partial charge in [-0.1, -0.05) is 39.0 Å². The molecule has 0 radical (unpaired) electrons. The molecule has 1 atom stereocenters. The minimum Gasteiger partial charge on any atom is -0.492 e. The van der Waals surface area contributed by atoms with Gasteiger partial charge in [0.05, 0.1) is 12.6 Å². The number of nitrogens with two attached hydrogens (primary N) is 1. The summed E-state index contributed by atoms with van der Waals surface area (Å²) in [7, 11) is 1.75. The Labute approximate surface area is 127 Å². The normalized spacial score (nSPS) is 12.2. The van der Waals surface area contributed by atoms with E-state index < -0.39 is 6.04 Å². The largest absolute Gasteiger partial charge is 0.492 e. The minimum atomic E-state index is -0.491. The molecule has 5 heteroatoms. The van der Waals surface area contributed by atoms with E-state index in [9.17, 15) is 4.79 Å². The molecule has 1 amide bonds. The molecule has 0 saturated carbocycles. The van der Waals surface area contributed by atoms with E-state index in [-0.39, 0.29) is 23.7 Å². The molecule has 0 aliphatic heterocycles. The van der Waals surface area contributed by atoms with E-state index >= 15 is 0 Å². The van der Waals surface area contributed by atoms with Crippen molar-refractivity contribution in [2.45, 2.75) is 26.8 Å². The number of amides is 1. The van der Waals surface area contributed by atoms with Gasteiger partial charge in [-0.05, 0) is 17.5 Å². The van der Waals surface area contributed by atoms with Gasteiger partial charge in [0, 0.05) is 7.05 Å². The summed E-state index contributed by atoms with van der Waals surface area (Å²) >= 11 is 0. The number of para-hydroxylation sites is 1. The lowest BCUT2D eigenvalue weighted by atomic mass is 9.86. The molecule has 0 aliphatic carbocycles. The number of benzene rings is 1. The zero-order chi connectivity index (χ0) is 14.5. The monoisotopic (exact) mass is 300 g/mol. The molecule has 114 valence electrons. The molecule has 0 heterocycles. The van der Waals surface area contributed by atoms with Crippen molar-refractivity contribution < 1.29 is 9.53 Å². The van der Waals surface area contributed by atoms with Gasteiger partial charge in [-0.25, -0.2) is 0 Å². The zero-order valence-corrected chi connectivity index (χ0v) is 13.4. The van der Waals surface area contributed by atoms with Gasteiger partial charge in [-0.3, -0.25) is 4.79 Å². The predicted molar refractivity (Wildman–Crippen MR) is 84.3 cm³/mol. The van der Waals surface area contributed by atoms with Gasteiger partial charge in [0.15, 0.2) is 0 Å². The number of carbonyl (C=O) groups excluding carboxylic acids is 1. The lowest BCUT2D eigenvalue weighted by Crippen LogP contribution is -2.49. The molecule has 0 unspecified atom stereocenters. The van der Waals surface area contributed by atoms with Crippen molar-refractivity contribution in [2.75, 3.05) is 20.2 Å². The Bertz CT molecular complexity index is 404. The van der Waals surface area contributed by atoms with Gasteiger partial charge in [0.2, 0.25) is 5.91 Å². The van der Waals surface area contributed by atoms with Gasteiger partial charge in [-0.2, -0.15) is 0 Å². The molecule has 1 aromatic rings. The number of likely N-dealkylation sites (N-methyl/N-ethyl adjacent to an activating group) is 1. The smallest absolute Gasteiger partial charge is 0.239 e. The van der Waals surface area contributed by atoms with E-state index in [1.165, 1.54) is 0 Å². The van der Waals surface area contributed by atoms with Crippen LogP contribution in [-0.2, 0) is 4.79 Å². The van der Waals surface area contributed by atoms with Gasteiger partial charge in [-0.15, -0.1) is 12.4 Å². The third-order valence-corrected chi connectivity index (χ3v) is 3.01. The van der Waals surface area contributed by atoms with Crippen LogP contribution in [0.3, 0.4) is 0 Å². The zero-order valence-electron chi connectivity index (χ0n) is 12.6. The van der Waals surface area contributed by atoms with Crippen LogP contribution in [0.4, 0.5) is 0 Å². The van der Waals surface area contributed by atoms with Gasteiger partial charge < -0.3 is 15.4 Å². The molecule has 0 fully saturated rings. The second kappa shape index (κ2) is 8.12. The van der Waals surface area contributed by atoms with Crippen LogP contribution in [0.25, 0.3) is 0 Å². The maximum Gasteiger partial charge on any atom is 0.239 e. The standard InChI is InChI=1S/C15H24N2O2.ClH/c1-15(2,3)13(16)14(18)17(4)10-11-19-12-8-6-5-7-9-12;/h5-9,13H,10-11,16H2,1-4H3;1H/t13-;/m1./s1. The van der Waals surface area contributed by atoms with Crippen LogP contribution in [0.5, 0.6) is 5.75 Å². The van der Waals surface area contributed by atoms with Crippen molar-refractivity contribution in [3.8, 4) is 5.75 Å². The number of halogens is 1. The van der Waals surface area contributed by atoms with Crippen molar-refractivity contribution in [3.63, 3.8) is 0 Å². The van der Waals surface area contributed by atoms with Crippen LogP contribution in [-0.4, -0.2) is 37.0 Å². The van der Waals surface area contributed by atoms with E-state index in [1.54, 1.807) is 11.9 Å². The molecule has 2 N–H and O–H groups in total. The second-order valence-electron chi connectivity index (χ2n) is 5.77. The molecular formula is C15H25ClN2O2. The molecule has 0 aliphatic rings. The van der Waals surface area contributed by atoms with Crippen molar-refractivity contribution >= 4 is 18.3 Å². The van der Waals surface area contributed by atoms with E-state index in [4.69, 9.17) is 10.5 Å². The van der Waals surface area contributed by atoms with Gasteiger partial charge in [0.1, 0.15) is 12.4 Å². The van der Waals surface area contributed by atoms with Gasteiger partial charge in [0.25, 0.3) is 0 Å². The Hall–Kier alpha value is -1.26. The average Bonchev–Trinajstić information content (AvgIpc) is 2.37. The van der Waals surface area contributed by atoms with Crippen molar-refractivity contribution in [2.24, 2.45) is 11.1 Å². The molecule has 4 nitrogen and oxygen atoms in total. The number of rotatable bonds is 5. The fraction of sp³-hybridized carbons (Fsp3) is 0.533. The Morgan fingerprint density at radius 2 is 1.85 bits per heavy atom. The predicted octanol–water partition coefficient (Wildman–Crippen LogP) is 2.32. The maximum atomic E-state index is 12.1. The summed E-state index contributed by atoms with van der Waals surface area (Å²) in [5, 5.41) is 0. The SMILES string of the molecule is CN(CCOc1ccccc1)C(=O)[C@@H](N)C(C)(C)C.Cl. The van der Waals surface area contributed by atoms with E-state index in [0.29, 0.717) is 13.2 Å². The molecule has 0 spiro atoms. The summed E-state index contributed by atoms with van der Waals surface area (Å²) in [4.78, 5) is 13.7. The van der Waals surface area contributed by atoms with E-state index in [0.717, 1.165) is 5.75 Å². The van der Waals surface area contributed by atoms with Crippen molar-refractivity contribution in [1.82, 2.24) is 4.90 Å². The van der Waals surface area contributed by atoms with Crippen LogP contribution in [0.15, 0.2) is 30.3 Å². The fourth-order valence-electron chi connectivity index (χ4n) is 1.54. The third kappa shape index (κ3) is 5.80. The number of hydrogen-bond acceptors (Lipinski definition) is 3. The molecule has 20 heavy (non-hydrogen) atoms. The van der Waals surface area contributed by atoms with Crippen LogP contribution in [0.1, 0.15) is 20.8 Å². The topological polar surface area (TPSA) is 55.6 Å². The Kier molecular flexibility index (Phi) is 7.61. The average molecular weight is 301 g/mol. The highest BCUT2D eigenvalue weighted by Gasteiger charge is 2.29. The molecule has 0 aromatic heterocycles. The lowest BCUT2D eigenvalue weighted by Gasteiger charge is -2.29. The fourth-order valence-corrected chi connectivity index (χ4v) is 1.54. The Morgan fingerprint density at radius 3 is 2.35 bits per heavy atom. The highest BCUT2D eigenvalue weighted by atomic mass is 35.5. The second-order valence-corrected chi connectivity index (χ2v) is 5.77. The first-order valence-electron chi connectivity index (χ1n) is 6.51. The first-order valence-corrected chi connectivity index (χ1v) is 6.51. The van der Waals surface area contributed by atoms with Crippen molar-refractivity contribution in [1.29, 1.82) is 0 Å². The van der Waals surface area contributed by atoms with Crippen LogP contribution >= 0.6 is 12.4 Å². The van der Waals surface area contributed by atoms with Crippen LogP contribution in [0, 0.1) is 5.41 Å². The van der Waals surface area contributed by atoms with E-state index in [2.05, 4.69) is 0 Å². The first-order chi connectivity index (χ1) is 8.82. The molecule has 0 bridgehead atoms. The molecular weight excluding hydrogens is 276 g/mol. The quantitative estimate of drug-likeness (QED) is 0.908. The summed E-state index contributed by atoms with van der Waals surface area (Å²) in [6.45, 7) is 6.87. The highest BCUT2D eigenvalue weighted by molar-refractivity contribution is 5.85. The first kappa shape index (κ1) is 18.7. The van der Waals surface area contributed by atoms with Crippen LogP contribution in [0.2, 0.25) is 0 Å². The summed E-state index contributed by atoms with van der Waals surface area (Å²) in [5.41, 5.74) is 5.72. The molecule has 1 rings (SSSR count). The highest BCUT2D eigenvalue weighted by Crippen LogP contribution is 2.18. The van der Waals surface area contributed by atoms with Crippen LogP contribution < -0.4 is 10.5 Å². The summed E-state index contributed by atoms with van der Waals surface area (Å²) in [6.07, 6.45) is 0. The number of hydrogen-bond donors (Lipinski definition) is 1. The Morgan fingerprint density at radius 1 is 1.30 bits per heavy atom. The summed E-state index contributed by atoms with van der Waals surface area (Å²) < 4.78 is 5.56. The lowest BCUT2D eigenvalue weighted by molar-refractivity contribution is -0.133. The maximum absolute atomic E-state index is 12.1. The van der Waals surface area contributed by atoms with E-state index in [1.807, 2.05) is 51.1 Å². The number of ether oxygens (including phenoxy) is 1. The third-order valence-electron chi connectivity index (χ3n) is 3.01. The summed E-state index contributed by atoms with van der Waals surface area (Å²) in [5.74, 6) is 0.757. The molecule has 0 saturated heterocycles. The van der Waals surface area contributed by atoms with Gasteiger partial charge >= 0.3 is 0 Å².